The summed E-state index contributed by atoms with van der Waals surface area (Å²) in [4.78, 5) is 10.3. The molecule has 0 aliphatic heterocycles. The van der Waals surface area contributed by atoms with Crippen molar-refractivity contribution in [2.24, 2.45) is 5.92 Å². The van der Waals surface area contributed by atoms with Crippen LogP contribution in [0.4, 0.5) is 0 Å². The number of aliphatic hydroxyl groups excluding tert-OH is 1. The smallest absolute Gasteiger partial charge is 0.303 e. The Morgan fingerprint density at radius 2 is 2.33 bits per heavy atom. The molecular weight excluding hydrogens is 156 g/mol. The fourth-order valence-corrected chi connectivity index (χ4v) is 1.67. The van der Waals surface area contributed by atoms with E-state index in [0.717, 1.165) is 19.3 Å². The van der Waals surface area contributed by atoms with Gasteiger partial charge in [-0.05, 0) is 38.0 Å². The fraction of sp³-hybridized carbons (Fsp3) is 0.778. The summed E-state index contributed by atoms with van der Waals surface area (Å²) in [6, 6.07) is 0. The van der Waals surface area contributed by atoms with Gasteiger partial charge in [0.15, 0.2) is 0 Å². The summed E-state index contributed by atoms with van der Waals surface area (Å²) in [5.41, 5.74) is 0. The van der Waals surface area contributed by atoms with Crippen LogP contribution in [0.15, 0.2) is 0 Å². The maximum absolute atomic E-state index is 10.3. The van der Waals surface area contributed by atoms with Gasteiger partial charge in [0.05, 0.1) is 6.10 Å². The highest BCUT2D eigenvalue weighted by Crippen LogP contribution is 2.26. The lowest BCUT2D eigenvalue weighted by molar-refractivity contribution is -0.137. The molecule has 0 amide bonds. The molecule has 2 unspecified atom stereocenters. The van der Waals surface area contributed by atoms with E-state index in [9.17, 15) is 9.90 Å². The summed E-state index contributed by atoms with van der Waals surface area (Å²) in [6.07, 6.45) is 5.23. The van der Waals surface area contributed by atoms with Crippen molar-refractivity contribution >= 4 is 5.97 Å². The van der Waals surface area contributed by atoms with E-state index in [-0.39, 0.29) is 12.5 Å². The number of hydrogen-bond acceptors (Lipinski definition) is 2. The van der Waals surface area contributed by atoms with Crippen LogP contribution in [0, 0.1) is 12.3 Å². The summed E-state index contributed by atoms with van der Waals surface area (Å²) in [5, 5.41) is 17.7. The lowest BCUT2D eigenvalue weighted by Gasteiger charge is -2.24. The zero-order valence-electron chi connectivity index (χ0n) is 7.07. The number of hydrogen-bond donors (Lipinski definition) is 2. The van der Waals surface area contributed by atoms with Crippen LogP contribution in [0.2, 0.25) is 0 Å². The third-order valence-corrected chi connectivity index (χ3v) is 2.35. The van der Waals surface area contributed by atoms with Gasteiger partial charge in [-0.2, -0.15) is 0 Å². The minimum absolute atomic E-state index is 0.234. The van der Waals surface area contributed by atoms with Crippen LogP contribution in [-0.4, -0.2) is 22.3 Å². The Labute approximate surface area is 72.4 Å². The molecule has 12 heavy (non-hydrogen) atoms. The van der Waals surface area contributed by atoms with Crippen LogP contribution in [0.25, 0.3) is 0 Å². The molecular formula is C9H15O3. The van der Waals surface area contributed by atoms with Crippen molar-refractivity contribution in [3.05, 3.63) is 6.42 Å². The monoisotopic (exact) mass is 171 g/mol. The van der Waals surface area contributed by atoms with Gasteiger partial charge in [-0.1, -0.05) is 0 Å². The van der Waals surface area contributed by atoms with Gasteiger partial charge in [-0.15, -0.1) is 0 Å². The van der Waals surface area contributed by atoms with E-state index in [1.807, 2.05) is 6.42 Å². The van der Waals surface area contributed by atoms with Crippen LogP contribution in [0.5, 0.6) is 0 Å². The van der Waals surface area contributed by atoms with Gasteiger partial charge in [0, 0.05) is 6.42 Å². The molecule has 1 aliphatic rings. The predicted molar refractivity (Wildman–Crippen MR) is 44.5 cm³/mol. The summed E-state index contributed by atoms with van der Waals surface area (Å²) in [7, 11) is 0. The number of rotatable bonds is 3. The SMILES string of the molecule is O=C(O)CCC1CC[CH]C(O)C1. The molecule has 69 valence electrons. The van der Waals surface area contributed by atoms with E-state index in [2.05, 4.69) is 0 Å². The standard InChI is InChI=1S/C9H15O3/c10-8-3-1-2-7(6-8)4-5-9(11)12/h3,7-8,10H,1-2,4-6H2,(H,11,12). The first-order valence-electron chi connectivity index (χ1n) is 4.41. The van der Waals surface area contributed by atoms with Crippen LogP contribution in [0.3, 0.4) is 0 Å². The zero-order chi connectivity index (χ0) is 8.97. The van der Waals surface area contributed by atoms with Gasteiger partial charge >= 0.3 is 5.97 Å². The van der Waals surface area contributed by atoms with Gasteiger partial charge in [0.25, 0.3) is 0 Å². The van der Waals surface area contributed by atoms with Crippen molar-refractivity contribution in [2.75, 3.05) is 0 Å². The Hall–Kier alpha value is -0.570. The molecule has 1 rings (SSSR count). The molecule has 1 aliphatic carbocycles. The van der Waals surface area contributed by atoms with Gasteiger partial charge < -0.3 is 10.2 Å². The van der Waals surface area contributed by atoms with Crippen molar-refractivity contribution in [3.8, 4) is 0 Å². The lowest BCUT2D eigenvalue weighted by atomic mass is 9.84. The van der Waals surface area contributed by atoms with Crippen molar-refractivity contribution in [1.82, 2.24) is 0 Å². The Morgan fingerprint density at radius 3 is 2.92 bits per heavy atom. The summed E-state index contributed by atoms with van der Waals surface area (Å²) >= 11 is 0. The van der Waals surface area contributed by atoms with Crippen LogP contribution < -0.4 is 0 Å². The average Bonchev–Trinajstić information content (AvgIpc) is 2.01. The second-order valence-corrected chi connectivity index (χ2v) is 3.41. The normalized spacial score (nSPS) is 30.1. The first-order chi connectivity index (χ1) is 5.68. The third-order valence-electron chi connectivity index (χ3n) is 2.35. The van der Waals surface area contributed by atoms with E-state index in [4.69, 9.17) is 5.11 Å². The Kier molecular flexibility index (Phi) is 3.53. The van der Waals surface area contributed by atoms with Crippen molar-refractivity contribution in [3.63, 3.8) is 0 Å². The number of carboxylic acids is 1. The molecule has 0 spiro atoms. The molecule has 0 aromatic carbocycles. The van der Waals surface area contributed by atoms with E-state index in [1.54, 1.807) is 0 Å². The first-order valence-corrected chi connectivity index (χ1v) is 4.41. The quantitative estimate of drug-likeness (QED) is 0.671. The molecule has 0 aromatic heterocycles. The number of aliphatic hydroxyl groups is 1. The van der Waals surface area contributed by atoms with Crippen molar-refractivity contribution in [1.29, 1.82) is 0 Å². The Bertz CT molecular complexity index is 156. The second kappa shape index (κ2) is 4.45. The highest BCUT2D eigenvalue weighted by molar-refractivity contribution is 5.66. The number of carboxylic acid groups (broad SMARTS) is 1. The molecule has 1 saturated carbocycles. The summed E-state index contributed by atoms with van der Waals surface area (Å²) in [5.74, 6) is -0.333. The molecule has 0 aromatic rings. The molecule has 3 heteroatoms. The van der Waals surface area contributed by atoms with Crippen molar-refractivity contribution in [2.45, 2.75) is 38.2 Å². The van der Waals surface area contributed by atoms with Crippen molar-refractivity contribution < 1.29 is 15.0 Å². The van der Waals surface area contributed by atoms with E-state index in [1.165, 1.54) is 0 Å². The van der Waals surface area contributed by atoms with Crippen LogP contribution in [-0.2, 0) is 4.79 Å². The molecule has 1 fully saturated rings. The van der Waals surface area contributed by atoms with Gasteiger partial charge in [0.2, 0.25) is 0 Å². The first kappa shape index (κ1) is 9.52. The number of aliphatic carboxylic acids is 1. The van der Waals surface area contributed by atoms with E-state index < -0.39 is 5.97 Å². The maximum atomic E-state index is 10.3. The zero-order valence-corrected chi connectivity index (χ0v) is 7.07. The fourth-order valence-electron chi connectivity index (χ4n) is 1.67. The molecule has 2 atom stereocenters. The Morgan fingerprint density at radius 1 is 1.58 bits per heavy atom. The summed E-state index contributed by atoms with van der Waals surface area (Å²) in [6.45, 7) is 0. The number of carbonyl (C=O) groups is 1. The minimum atomic E-state index is -0.737. The lowest BCUT2D eigenvalue weighted by Crippen LogP contribution is -2.20. The summed E-state index contributed by atoms with van der Waals surface area (Å²) < 4.78 is 0. The molecule has 3 nitrogen and oxygen atoms in total. The van der Waals surface area contributed by atoms with Gasteiger partial charge in [0.1, 0.15) is 0 Å². The Balaban J connectivity index is 2.18. The van der Waals surface area contributed by atoms with Crippen LogP contribution >= 0.6 is 0 Å². The average molecular weight is 171 g/mol. The molecule has 0 bridgehead atoms. The highest BCUT2D eigenvalue weighted by Gasteiger charge is 2.20. The predicted octanol–water partition coefficient (Wildman–Crippen LogP) is 1.22. The maximum Gasteiger partial charge on any atom is 0.303 e. The molecule has 0 heterocycles. The largest absolute Gasteiger partial charge is 0.481 e. The topological polar surface area (TPSA) is 57.5 Å². The molecule has 0 saturated heterocycles. The third kappa shape index (κ3) is 3.22. The highest BCUT2D eigenvalue weighted by atomic mass is 16.4. The van der Waals surface area contributed by atoms with Gasteiger partial charge in [-0.25, -0.2) is 0 Å². The van der Waals surface area contributed by atoms with Gasteiger partial charge in [-0.3, -0.25) is 4.79 Å². The van der Waals surface area contributed by atoms with E-state index in [0.29, 0.717) is 12.3 Å². The minimum Gasteiger partial charge on any atom is -0.481 e. The second-order valence-electron chi connectivity index (χ2n) is 3.41. The van der Waals surface area contributed by atoms with Crippen LogP contribution in [0.1, 0.15) is 32.1 Å². The van der Waals surface area contributed by atoms with E-state index >= 15 is 0 Å². The molecule has 2 N–H and O–H groups in total. The molecule has 1 radical (unpaired) electrons.